The average Bonchev–Trinajstić information content (AvgIpc) is 2.31. The highest BCUT2D eigenvalue weighted by Crippen LogP contribution is 2.10. The molecule has 0 atom stereocenters. The molecule has 1 heterocycles. The summed E-state index contributed by atoms with van der Waals surface area (Å²) >= 11 is 2.00. The van der Waals surface area contributed by atoms with Crippen molar-refractivity contribution in [1.82, 2.24) is 4.90 Å². The maximum absolute atomic E-state index is 11.3. The molecule has 1 fully saturated rings. The molecular weight excluding hydrogens is 210 g/mol. The standard InChI is InChI=1S/C11H19NO2S/c1-3-10(11(13)14-2)4-5-12-6-8-15-9-7-12/h4H,3,5-9H2,1-2H3. The van der Waals surface area contributed by atoms with Gasteiger partial charge in [0.05, 0.1) is 7.11 Å². The van der Waals surface area contributed by atoms with Crippen LogP contribution in [0, 0.1) is 0 Å². The van der Waals surface area contributed by atoms with Crippen LogP contribution in [0.1, 0.15) is 13.3 Å². The van der Waals surface area contributed by atoms with Gasteiger partial charge in [-0.2, -0.15) is 11.8 Å². The highest BCUT2D eigenvalue weighted by atomic mass is 32.2. The van der Waals surface area contributed by atoms with Crippen LogP contribution < -0.4 is 0 Å². The Bertz CT molecular complexity index is 235. The van der Waals surface area contributed by atoms with E-state index >= 15 is 0 Å². The fourth-order valence-corrected chi connectivity index (χ4v) is 2.50. The Hall–Kier alpha value is -0.480. The van der Waals surface area contributed by atoms with Crippen LogP contribution in [-0.2, 0) is 9.53 Å². The molecule has 4 heteroatoms. The van der Waals surface area contributed by atoms with E-state index in [2.05, 4.69) is 4.90 Å². The Balaban J connectivity index is 2.41. The minimum atomic E-state index is -0.191. The Morgan fingerprint density at radius 2 is 2.13 bits per heavy atom. The molecule has 0 aliphatic carbocycles. The van der Waals surface area contributed by atoms with E-state index in [1.165, 1.54) is 18.6 Å². The summed E-state index contributed by atoms with van der Waals surface area (Å²) in [5.41, 5.74) is 0.788. The van der Waals surface area contributed by atoms with Crippen molar-refractivity contribution in [1.29, 1.82) is 0 Å². The van der Waals surface area contributed by atoms with Gasteiger partial charge < -0.3 is 4.74 Å². The third-order valence-electron chi connectivity index (χ3n) is 2.53. The molecule has 0 bridgehead atoms. The predicted octanol–water partition coefficient (Wildman–Crippen LogP) is 1.54. The van der Waals surface area contributed by atoms with Gasteiger partial charge in [-0.1, -0.05) is 13.0 Å². The normalized spacial score (nSPS) is 18.9. The van der Waals surface area contributed by atoms with Gasteiger partial charge in [0.2, 0.25) is 0 Å². The Kier molecular flexibility index (Phi) is 5.79. The van der Waals surface area contributed by atoms with E-state index in [1.54, 1.807) is 0 Å². The molecule has 0 unspecified atom stereocenters. The van der Waals surface area contributed by atoms with Crippen LogP contribution in [0.3, 0.4) is 0 Å². The molecule has 1 aliphatic rings. The second-order valence-electron chi connectivity index (χ2n) is 3.49. The summed E-state index contributed by atoms with van der Waals surface area (Å²) in [4.78, 5) is 13.7. The van der Waals surface area contributed by atoms with Gasteiger partial charge in [0.25, 0.3) is 0 Å². The number of methoxy groups -OCH3 is 1. The first-order valence-electron chi connectivity index (χ1n) is 5.35. The summed E-state index contributed by atoms with van der Waals surface area (Å²) in [7, 11) is 1.43. The Labute approximate surface area is 95.9 Å². The maximum atomic E-state index is 11.3. The van der Waals surface area contributed by atoms with Gasteiger partial charge in [-0.05, 0) is 6.42 Å². The molecule has 0 saturated carbocycles. The highest BCUT2D eigenvalue weighted by Gasteiger charge is 2.11. The van der Waals surface area contributed by atoms with E-state index in [9.17, 15) is 4.79 Å². The summed E-state index contributed by atoms with van der Waals surface area (Å²) in [6.45, 7) is 5.10. The largest absolute Gasteiger partial charge is 0.466 e. The number of esters is 1. The molecule has 1 aliphatic heterocycles. The lowest BCUT2D eigenvalue weighted by Gasteiger charge is -2.24. The van der Waals surface area contributed by atoms with Crippen LogP contribution >= 0.6 is 11.8 Å². The van der Waals surface area contributed by atoms with Crippen molar-refractivity contribution in [2.45, 2.75) is 13.3 Å². The van der Waals surface area contributed by atoms with Crippen LogP contribution in [0.25, 0.3) is 0 Å². The second-order valence-corrected chi connectivity index (χ2v) is 4.71. The quantitative estimate of drug-likeness (QED) is 0.540. The van der Waals surface area contributed by atoms with Crippen LogP contribution in [0.2, 0.25) is 0 Å². The van der Waals surface area contributed by atoms with Crippen molar-refractivity contribution in [2.24, 2.45) is 0 Å². The number of rotatable bonds is 4. The number of nitrogens with zero attached hydrogens (tertiary/aromatic N) is 1. The lowest BCUT2D eigenvalue weighted by atomic mass is 10.2. The minimum absolute atomic E-state index is 0.191. The van der Waals surface area contributed by atoms with Gasteiger partial charge >= 0.3 is 5.97 Å². The monoisotopic (exact) mass is 229 g/mol. The summed E-state index contributed by atoms with van der Waals surface area (Å²) in [6.07, 6.45) is 2.75. The highest BCUT2D eigenvalue weighted by molar-refractivity contribution is 7.99. The summed E-state index contributed by atoms with van der Waals surface area (Å²) < 4.78 is 4.71. The number of carbonyl (C=O) groups excluding carboxylic acids is 1. The second kappa shape index (κ2) is 6.90. The van der Waals surface area contributed by atoms with Crippen LogP contribution in [0.4, 0.5) is 0 Å². The van der Waals surface area contributed by atoms with Crippen molar-refractivity contribution in [3.63, 3.8) is 0 Å². The van der Waals surface area contributed by atoms with Crippen LogP contribution in [0.5, 0.6) is 0 Å². The van der Waals surface area contributed by atoms with Gasteiger partial charge in [-0.15, -0.1) is 0 Å². The lowest BCUT2D eigenvalue weighted by molar-refractivity contribution is -0.136. The smallest absolute Gasteiger partial charge is 0.333 e. The van der Waals surface area contributed by atoms with Crippen molar-refractivity contribution in [2.75, 3.05) is 38.2 Å². The van der Waals surface area contributed by atoms with Gasteiger partial charge in [0.1, 0.15) is 0 Å². The topological polar surface area (TPSA) is 29.5 Å². The third kappa shape index (κ3) is 4.26. The van der Waals surface area contributed by atoms with E-state index < -0.39 is 0 Å². The van der Waals surface area contributed by atoms with Crippen molar-refractivity contribution >= 4 is 17.7 Å². The minimum Gasteiger partial charge on any atom is -0.466 e. The van der Waals surface area contributed by atoms with Crippen LogP contribution in [-0.4, -0.2) is 49.1 Å². The lowest BCUT2D eigenvalue weighted by Crippen LogP contribution is -2.32. The molecule has 0 aromatic heterocycles. The van der Waals surface area contributed by atoms with Crippen molar-refractivity contribution in [3.05, 3.63) is 11.6 Å². The maximum Gasteiger partial charge on any atom is 0.333 e. The molecule has 0 spiro atoms. The average molecular weight is 229 g/mol. The van der Waals surface area contributed by atoms with Gasteiger partial charge in [-0.3, -0.25) is 4.90 Å². The number of hydrogen-bond acceptors (Lipinski definition) is 4. The Morgan fingerprint density at radius 3 is 2.67 bits per heavy atom. The number of ether oxygens (including phenoxy) is 1. The first-order valence-corrected chi connectivity index (χ1v) is 6.50. The van der Waals surface area contributed by atoms with E-state index in [4.69, 9.17) is 4.74 Å². The predicted molar refractivity (Wildman–Crippen MR) is 64.2 cm³/mol. The molecule has 0 radical (unpaired) electrons. The van der Waals surface area contributed by atoms with Crippen LogP contribution in [0.15, 0.2) is 11.6 Å². The van der Waals surface area contributed by atoms with Gasteiger partial charge in [0, 0.05) is 36.7 Å². The van der Waals surface area contributed by atoms with Crippen molar-refractivity contribution in [3.8, 4) is 0 Å². The van der Waals surface area contributed by atoms with Gasteiger partial charge in [-0.25, -0.2) is 4.79 Å². The molecule has 0 N–H and O–H groups in total. The van der Waals surface area contributed by atoms with Crippen molar-refractivity contribution < 1.29 is 9.53 Å². The number of thioether (sulfide) groups is 1. The van der Waals surface area contributed by atoms with E-state index in [0.717, 1.165) is 31.6 Å². The SMILES string of the molecule is CCC(=CCN1CCSCC1)C(=O)OC. The summed E-state index contributed by atoms with van der Waals surface area (Å²) in [6, 6.07) is 0. The molecule has 0 amide bonds. The molecule has 1 saturated heterocycles. The number of carbonyl (C=O) groups is 1. The molecule has 0 aromatic carbocycles. The molecule has 86 valence electrons. The molecule has 3 nitrogen and oxygen atoms in total. The first-order chi connectivity index (χ1) is 7.27. The fourth-order valence-electron chi connectivity index (χ4n) is 1.53. The molecular formula is C11H19NO2S. The zero-order valence-corrected chi connectivity index (χ0v) is 10.3. The van der Waals surface area contributed by atoms with E-state index in [0.29, 0.717) is 0 Å². The third-order valence-corrected chi connectivity index (χ3v) is 3.47. The summed E-state index contributed by atoms with van der Waals surface area (Å²) in [5, 5.41) is 0. The van der Waals surface area contributed by atoms with E-state index in [-0.39, 0.29) is 5.97 Å². The fraction of sp³-hybridized carbons (Fsp3) is 0.727. The zero-order valence-electron chi connectivity index (χ0n) is 9.49. The first kappa shape index (κ1) is 12.6. The molecule has 0 aromatic rings. The summed E-state index contributed by atoms with van der Waals surface area (Å²) in [5.74, 6) is 2.21. The number of hydrogen-bond donors (Lipinski definition) is 0. The zero-order chi connectivity index (χ0) is 11.1. The van der Waals surface area contributed by atoms with Gasteiger partial charge in [0.15, 0.2) is 0 Å². The molecule has 15 heavy (non-hydrogen) atoms. The Morgan fingerprint density at radius 1 is 1.47 bits per heavy atom. The van der Waals surface area contributed by atoms with E-state index in [1.807, 2.05) is 24.8 Å². The molecule has 1 rings (SSSR count).